The SMILES string of the molecule is COCCOC1C(N)CC1Oc1c(Cl)cc(Cl)cc1Cl. The fourth-order valence-electron chi connectivity index (χ4n) is 2.02. The van der Waals surface area contributed by atoms with Gasteiger partial charge in [0.05, 0.1) is 23.3 Å². The molecule has 4 nitrogen and oxygen atoms in total. The first-order chi connectivity index (χ1) is 9.52. The van der Waals surface area contributed by atoms with Gasteiger partial charge in [-0.3, -0.25) is 0 Å². The number of nitrogens with two attached hydrogens (primary N) is 1. The van der Waals surface area contributed by atoms with Crippen LogP contribution in [-0.4, -0.2) is 38.6 Å². The van der Waals surface area contributed by atoms with Crippen molar-refractivity contribution >= 4 is 34.8 Å². The Morgan fingerprint density at radius 3 is 2.40 bits per heavy atom. The largest absolute Gasteiger partial charge is 0.484 e. The topological polar surface area (TPSA) is 53.7 Å². The van der Waals surface area contributed by atoms with Crippen molar-refractivity contribution in [2.24, 2.45) is 5.73 Å². The van der Waals surface area contributed by atoms with Gasteiger partial charge in [-0.25, -0.2) is 0 Å². The lowest BCUT2D eigenvalue weighted by molar-refractivity contribution is -0.106. The number of hydrogen-bond donors (Lipinski definition) is 1. The fourth-order valence-corrected chi connectivity index (χ4v) is 2.93. The van der Waals surface area contributed by atoms with E-state index in [4.69, 9.17) is 54.7 Å². The minimum Gasteiger partial charge on any atom is -0.484 e. The van der Waals surface area contributed by atoms with Gasteiger partial charge in [0.2, 0.25) is 0 Å². The molecule has 2 N–H and O–H groups in total. The smallest absolute Gasteiger partial charge is 0.157 e. The van der Waals surface area contributed by atoms with Crippen LogP contribution >= 0.6 is 34.8 Å². The Balaban J connectivity index is 1.99. The Morgan fingerprint density at radius 1 is 1.20 bits per heavy atom. The normalized spacial score (nSPS) is 25.4. The average molecular weight is 341 g/mol. The molecule has 20 heavy (non-hydrogen) atoms. The maximum Gasteiger partial charge on any atom is 0.157 e. The summed E-state index contributed by atoms with van der Waals surface area (Å²) < 4.78 is 16.4. The summed E-state index contributed by atoms with van der Waals surface area (Å²) in [7, 11) is 1.62. The van der Waals surface area contributed by atoms with Crippen LogP contribution in [0.1, 0.15) is 6.42 Å². The van der Waals surface area contributed by atoms with Crippen molar-refractivity contribution in [2.45, 2.75) is 24.7 Å². The van der Waals surface area contributed by atoms with Crippen molar-refractivity contribution in [2.75, 3.05) is 20.3 Å². The van der Waals surface area contributed by atoms with E-state index in [1.54, 1.807) is 19.2 Å². The molecule has 112 valence electrons. The van der Waals surface area contributed by atoms with E-state index in [-0.39, 0.29) is 18.2 Å². The number of methoxy groups -OCH3 is 1. The zero-order valence-corrected chi connectivity index (χ0v) is 13.2. The van der Waals surface area contributed by atoms with Gasteiger partial charge in [-0.1, -0.05) is 34.8 Å². The summed E-state index contributed by atoms with van der Waals surface area (Å²) in [6, 6.07) is 3.12. The molecule has 1 aromatic rings. The molecule has 0 saturated heterocycles. The number of halogens is 3. The molecule has 7 heteroatoms. The van der Waals surface area contributed by atoms with Crippen LogP contribution in [0.2, 0.25) is 15.1 Å². The Hall–Kier alpha value is -0.230. The van der Waals surface area contributed by atoms with E-state index in [1.807, 2.05) is 0 Å². The monoisotopic (exact) mass is 339 g/mol. The van der Waals surface area contributed by atoms with Gasteiger partial charge in [0.25, 0.3) is 0 Å². The van der Waals surface area contributed by atoms with Gasteiger partial charge in [0, 0.05) is 24.6 Å². The highest BCUT2D eigenvalue weighted by Gasteiger charge is 2.42. The van der Waals surface area contributed by atoms with E-state index in [0.717, 1.165) is 0 Å². The Bertz CT molecular complexity index is 449. The summed E-state index contributed by atoms with van der Waals surface area (Å²) in [5.41, 5.74) is 5.92. The van der Waals surface area contributed by atoms with Gasteiger partial charge in [0.1, 0.15) is 12.2 Å². The molecule has 0 radical (unpaired) electrons. The third-order valence-corrected chi connectivity index (χ3v) is 3.90. The lowest BCUT2D eigenvalue weighted by Gasteiger charge is -2.42. The Kier molecular flexibility index (Phi) is 5.78. The van der Waals surface area contributed by atoms with E-state index < -0.39 is 0 Å². The second-order valence-electron chi connectivity index (χ2n) is 4.58. The quantitative estimate of drug-likeness (QED) is 0.808. The first kappa shape index (κ1) is 16.1. The highest BCUT2D eigenvalue weighted by molar-refractivity contribution is 6.40. The Morgan fingerprint density at radius 2 is 1.85 bits per heavy atom. The lowest BCUT2D eigenvalue weighted by atomic mass is 9.86. The molecule has 3 atom stereocenters. The zero-order valence-electron chi connectivity index (χ0n) is 10.9. The number of rotatable bonds is 6. The van der Waals surface area contributed by atoms with Crippen LogP contribution in [0, 0.1) is 0 Å². The van der Waals surface area contributed by atoms with Crippen LogP contribution in [0.5, 0.6) is 5.75 Å². The van der Waals surface area contributed by atoms with Gasteiger partial charge in [-0.05, 0) is 12.1 Å². The molecule has 1 aliphatic rings. The first-order valence-electron chi connectivity index (χ1n) is 6.20. The minimum absolute atomic E-state index is 0.0540. The molecular weight excluding hydrogens is 325 g/mol. The molecule has 0 aliphatic heterocycles. The van der Waals surface area contributed by atoms with Gasteiger partial charge < -0.3 is 19.9 Å². The van der Waals surface area contributed by atoms with E-state index in [2.05, 4.69) is 0 Å². The minimum atomic E-state index is -0.187. The van der Waals surface area contributed by atoms with Crippen LogP contribution < -0.4 is 10.5 Å². The highest BCUT2D eigenvalue weighted by Crippen LogP contribution is 2.39. The molecule has 1 aromatic carbocycles. The molecule has 1 saturated carbocycles. The summed E-state index contributed by atoms with van der Waals surface area (Å²) in [5, 5.41) is 1.21. The number of hydrogen-bond acceptors (Lipinski definition) is 4. The number of benzene rings is 1. The molecule has 3 unspecified atom stereocenters. The molecule has 0 spiro atoms. The van der Waals surface area contributed by atoms with Crippen LogP contribution in [0.15, 0.2) is 12.1 Å². The number of ether oxygens (including phenoxy) is 3. The molecule has 1 fully saturated rings. The third-order valence-electron chi connectivity index (χ3n) is 3.12. The van der Waals surface area contributed by atoms with E-state index >= 15 is 0 Å². The summed E-state index contributed by atoms with van der Waals surface area (Å²) in [6.07, 6.45) is 0.332. The molecule has 0 aromatic heterocycles. The fraction of sp³-hybridized carbons (Fsp3) is 0.538. The third kappa shape index (κ3) is 3.70. The van der Waals surface area contributed by atoms with Crippen molar-refractivity contribution in [3.8, 4) is 5.75 Å². The predicted molar refractivity (Wildman–Crippen MR) is 80.1 cm³/mol. The molecule has 0 bridgehead atoms. The second kappa shape index (κ2) is 7.16. The highest BCUT2D eigenvalue weighted by atomic mass is 35.5. The van der Waals surface area contributed by atoms with Gasteiger partial charge in [-0.2, -0.15) is 0 Å². The summed E-state index contributed by atoms with van der Waals surface area (Å²) in [6.45, 7) is 0.981. The molecule has 0 amide bonds. The van der Waals surface area contributed by atoms with E-state index in [0.29, 0.717) is 40.5 Å². The van der Waals surface area contributed by atoms with Crippen molar-refractivity contribution in [3.05, 3.63) is 27.2 Å². The second-order valence-corrected chi connectivity index (χ2v) is 5.83. The molecular formula is C13H16Cl3NO3. The van der Waals surface area contributed by atoms with Crippen molar-refractivity contribution in [3.63, 3.8) is 0 Å². The standard InChI is InChI=1S/C13H16Cl3NO3/c1-18-2-3-19-13-10(17)6-11(13)20-12-8(15)4-7(14)5-9(12)16/h4-5,10-11,13H,2-3,6,17H2,1H3. The predicted octanol–water partition coefficient (Wildman–Crippen LogP) is 3.16. The van der Waals surface area contributed by atoms with Crippen LogP contribution in [-0.2, 0) is 9.47 Å². The van der Waals surface area contributed by atoms with Gasteiger partial charge >= 0.3 is 0 Å². The van der Waals surface area contributed by atoms with Crippen molar-refractivity contribution in [1.29, 1.82) is 0 Å². The molecule has 2 rings (SSSR count). The van der Waals surface area contributed by atoms with Crippen LogP contribution in [0.4, 0.5) is 0 Å². The van der Waals surface area contributed by atoms with E-state index in [9.17, 15) is 0 Å². The first-order valence-corrected chi connectivity index (χ1v) is 7.33. The Labute approximate surface area is 133 Å². The summed E-state index contributed by atoms with van der Waals surface area (Å²) in [5.74, 6) is 0.412. The van der Waals surface area contributed by atoms with Gasteiger partial charge in [0.15, 0.2) is 5.75 Å². The van der Waals surface area contributed by atoms with Crippen molar-refractivity contribution in [1.82, 2.24) is 0 Å². The van der Waals surface area contributed by atoms with Crippen LogP contribution in [0.25, 0.3) is 0 Å². The van der Waals surface area contributed by atoms with Crippen LogP contribution in [0.3, 0.4) is 0 Å². The lowest BCUT2D eigenvalue weighted by Crippen LogP contribution is -2.59. The van der Waals surface area contributed by atoms with Gasteiger partial charge in [-0.15, -0.1) is 0 Å². The summed E-state index contributed by atoms with van der Waals surface area (Å²) >= 11 is 18.0. The molecule has 1 aliphatic carbocycles. The summed E-state index contributed by atoms with van der Waals surface area (Å²) in [4.78, 5) is 0. The molecule has 0 heterocycles. The van der Waals surface area contributed by atoms with Crippen molar-refractivity contribution < 1.29 is 14.2 Å². The van der Waals surface area contributed by atoms with E-state index in [1.165, 1.54) is 0 Å². The maximum atomic E-state index is 6.08. The zero-order chi connectivity index (χ0) is 14.7. The maximum absolute atomic E-state index is 6.08. The average Bonchev–Trinajstić information content (AvgIpc) is 2.37.